The average molecular weight is 430 g/mol. The minimum atomic E-state index is -3.70. The standard InChI is InChI=1S/C21H35NO6S/c1-16(14-21(2,3)4)12-20(23)22(10-11-26-5)15-17-8-9-18(27-6)19(13-17)28-29(7,24)25/h8-9,13,16H,10-12,14-15H2,1-7H3. The number of methoxy groups -OCH3 is 2. The number of amides is 1. The zero-order chi connectivity index (χ0) is 22.2. The summed E-state index contributed by atoms with van der Waals surface area (Å²) in [6, 6.07) is 5.02. The van der Waals surface area contributed by atoms with Crippen LogP contribution in [-0.4, -0.2) is 52.9 Å². The van der Waals surface area contributed by atoms with Crippen LogP contribution in [0.3, 0.4) is 0 Å². The molecule has 1 aromatic rings. The first-order valence-corrected chi connectivity index (χ1v) is 11.5. The molecule has 0 aliphatic carbocycles. The minimum Gasteiger partial charge on any atom is -0.493 e. The summed E-state index contributed by atoms with van der Waals surface area (Å²) in [5.41, 5.74) is 0.905. The highest BCUT2D eigenvalue weighted by molar-refractivity contribution is 7.86. The van der Waals surface area contributed by atoms with E-state index in [-0.39, 0.29) is 23.0 Å². The van der Waals surface area contributed by atoms with E-state index >= 15 is 0 Å². The van der Waals surface area contributed by atoms with E-state index in [1.54, 1.807) is 30.2 Å². The predicted octanol–water partition coefficient (Wildman–Crippen LogP) is 3.47. The van der Waals surface area contributed by atoms with Gasteiger partial charge in [-0.3, -0.25) is 4.79 Å². The lowest BCUT2D eigenvalue weighted by Crippen LogP contribution is -2.34. The Morgan fingerprint density at radius 3 is 2.34 bits per heavy atom. The quantitative estimate of drug-likeness (QED) is 0.501. The van der Waals surface area contributed by atoms with Crippen LogP contribution in [0.2, 0.25) is 0 Å². The van der Waals surface area contributed by atoms with Crippen LogP contribution < -0.4 is 8.92 Å². The van der Waals surface area contributed by atoms with Crippen molar-refractivity contribution in [2.75, 3.05) is 33.6 Å². The van der Waals surface area contributed by atoms with E-state index in [0.29, 0.717) is 31.9 Å². The maximum Gasteiger partial charge on any atom is 0.306 e. The number of rotatable bonds is 11. The summed E-state index contributed by atoms with van der Waals surface area (Å²) in [7, 11) is -0.666. The Hall–Kier alpha value is -1.80. The molecule has 0 saturated heterocycles. The first-order chi connectivity index (χ1) is 13.3. The molecule has 1 aromatic carbocycles. The van der Waals surface area contributed by atoms with Gasteiger partial charge >= 0.3 is 10.1 Å². The van der Waals surface area contributed by atoms with Crippen molar-refractivity contribution in [3.05, 3.63) is 23.8 Å². The predicted molar refractivity (Wildman–Crippen MR) is 114 cm³/mol. The molecule has 1 amide bonds. The second-order valence-corrected chi connectivity index (χ2v) is 10.2. The van der Waals surface area contributed by atoms with Gasteiger partial charge in [0.05, 0.1) is 20.0 Å². The molecule has 0 aliphatic rings. The Kier molecular flexibility index (Phi) is 9.42. The molecule has 0 aliphatic heterocycles. The monoisotopic (exact) mass is 429 g/mol. The third kappa shape index (κ3) is 9.99. The molecule has 0 aromatic heterocycles. The molecule has 0 bridgehead atoms. The molecule has 7 nitrogen and oxygen atoms in total. The lowest BCUT2D eigenvalue weighted by Gasteiger charge is -2.27. The van der Waals surface area contributed by atoms with Crippen LogP contribution in [0.1, 0.15) is 46.1 Å². The van der Waals surface area contributed by atoms with E-state index < -0.39 is 10.1 Å². The fraction of sp³-hybridized carbons (Fsp3) is 0.667. The molecule has 1 atom stereocenters. The van der Waals surface area contributed by atoms with E-state index in [4.69, 9.17) is 13.7 Å². The SMILES string of the molecule is COCCN(Cc1ccc(OC)c(OS(C)(=O)=O)c1)C(=O)CC(C)CC(C)(C)C. The normalized spacial score (nSPS) is 13.1. The number of benzene rings is 1. The third-order valence-electron chi connectivity index (χ3n) is 4.24. The summed E-state index contributed by atoms with van der Waals surface area (Å²) in [6.45, 7) is 9.78. The van der Waals surface area contributed by atoms with Gasteiger partial charge < -0.3 is 18.6 Å². The topological polar surface area (TPSA) is 82.1 Å². The van der Waals surface area contributed by atoms with Crippen molar-refractivity contribution in [3.8, 4) is 11.5 Å². The molecule has 0 saturated carbocycles. The van der Waals surface area contributed by atoms with Crippen LogP contribution in [0, 0.1) is 11.3 Å². The van der Waals surface area contributed by atoms with Gasteiger partial charge in [0.15, 0.2) is 11.5 Å². The zero-order valence-corrected chi connectivity index (χ0v) is 19.5. The zero-order valence-electron chi connectivity index (χ0n) is 18.6. The van der Waals surface area contributed by atoms with Crippen LogP contribution in [-0.2, 0) is 26.2 Å². The van der Waals surface area contributed by atoms with E-state index in [1.165, 1.54) is 7.11 Å². The van der Waals surface area contributed by atoms with Gasteiger partial charge in [-0.2, -0.15) is 8.42 Å². The number of ether oxygens (including phenoxy) is 2. The van der Waals surface area contributed by atoms with Crippen LogP contribution in [0.15, 0.2) is 18.2 Å². The van der Waals surface area contributed by atoms with Crippen molar-refractivity contribution < 1.29 is 26.9 Å². The number of hydrogen-bond acceptors (Lipinski definition) is 6. The highest BCUT2D eigenvalue weighted by Crippen LogP contribution is 2.30. The van der Waals surface area contributed by atoms with Crippen LogP contribution in [0.25, 0.3) is 0 Å². The number of carbonyl (C=O) groups excluding carboxylic acids is 1. The first-order valence-electron chi connectivity index (χ1n) is 9.67. The van der Waals surface area contributed by atoms with E-state index in [0.717, 1.165) is 18.2 Å². The lowest BCUT2D eigenvalue weighted by atomic mass is 9.84. The first kappa shape index (κ1) is 25.2. The summed E-state index contributed by atoms with van der Waals surface area (Å²) in [5, 5.41) is 0. The Bertz CT molecular complexity index is 770. The third-order valence-corrected chi connectivity index (χ3v) is 4.73. The van der Waals surface area contributed by atoms with Gasteiger partial charge in [0.2, 0.25) is 5.91 Å². The Labute approximate surface area is 175 Å². The highest BCUT2D eigenvalue weighted by Gasteiger charge is 2.22. The molecule has 29 heavy (non-hydrogen) atoms. The van der Waals surface area contributed by atoms with Crippen LogP contribution in [0.4, 0.5) is 0 Å². The van der Waals surface area contributed by atoms with Crippen LogP contribution >= 0.6 is 0 Å². The van der Waals surface area contributed by atoms with Gasteiger partial charge in [-0.05, 0) is 35.4 Å². The fourth-order valence-electron chi connectivity index (χ4n) is 3.31. The fourth-order valence-corrected chi connectivity index (χ4v) is 3.76. The van der Waals surface area contributed by atoms with Crippen molar-refractivity contribution in [1.82, 2.24) is 4.90 Å². The average Bonchev–Trinajstić information content (AvgIpc) is 2.55. The smallest absolute Gasteiger partial charge is 0.306 e. The van der Waals surface area contributed by atoms with Crippen molar-refractivity contribution in [1.29, 1.82) is 0 Å². The molecular weight excluding hydrogens is 394 g/mol. The molecule has 0 fully saturated rings. The van der Waals surface area contributed by atoms with Crippen molar-refractivity contribution in [2.24, 2.45) is 11.3 Å². The minimum absolute atomic E-state index is 0.0419. The second-order valence-electron chi connectivity index (χ2n) is 8.65. The maximum atomic E-state index is 12.9. The van der Waals surface area contributed by atoms with Crippen molar-refractivity contribution >= 4 is 16.0 Å². The summed E-state index contributed by atoms with van der Waals surface area (Å²) in [5.74, 6) is 0.716. The van der Waals surface area contributed by atoms with Gasteiger partial charge in [0, 0.05) is 26.6 Å². The molecule has 0 radical (unpaired) electrons. The van der Waals surface area contributed by atoms with Gasteiger partial charge in [-0.15, -0.1) is 0 Å². The largest absolute Gasteiger partial charge is 0.493 e. The number of nitrogens with zero attached hydrogens (tertiary/aromatic N) is 1. The molecule has 166 valence electrons. The Morgan fingerprint density at radius 2 is 1.83 bits per heavy atom. The molecular formula is C21H35NO6S. The molecule has 0 spiro atoms. The summed E-state index contributed by atoms with van der Waals surface area (Å²) < 4.78 is 38.4. The summed E-state index contributed by atoms with van der Waals surface area (Å²) >= 11 is 0. The van der Waals surface area contributed by atoms with E-state index in [2.05, 4.69) is 27.7 Å². The highest BCUT2D eigenvalue weighted by atomic mass is 32.2. The summed E-state index contributed by atoms with van der Waals surface area (Å²) in [6.07, 6.45) is 2.37. The maximum absolute atomic E-state index is 12.9. The van der Waals surface area contributed by atoms with Gasteiger partial charge in [-0.1, -0.05) is 33.8 Å². The lowest BCUT2D eigenvalue weighted by molar-refractivity contribution is -0.133. The number of carbonyl (C=O) groups is 1. The Morgan fingerprint density at radius 1 is 1.17 bits per heavy atom. The van der Waals surface area contributed by atoms with E-state index in [9.17, 15) is 13.2 Å². The molecule has 1 unspecified atom stereocenters. The molecule has 1 rings (SSSR count). The molecule has 8 heteroatoms. The van der Waals surface area contributed by atoms with E-state index in [1.807, 2.05) is 0 Å². The molecule has 0 N–H and O–H groups in total. The summed E-state index contributed by atoms with van der Waals surface area (Å²) in [4.78, 5) is 14.6. The van der Waals surface area contributed by atoms with Gasteiger partial charge in [0.1, 0.15) is 0 Å². The second kappa shape index (κ2) is 10.8. The Balaban J connectivity index is 2.99. The van der Waals surface area contributed by atoms with Crippen LogP contribution in [0.5, 0.6) is 11.5 Å². The van der Waals surface area contributed by atoms with Crippen molar-refractivity contribution in [3.63, 3.8) is 0 Å². The van der Waals surface area contributed by atoms with Gasteiger partial charge in [0.25, 0.3) is 0 Å². The molecule has 0 heterocycles. The van der Waals surface area contributed by atoms with Crippen molar-refractivity contribution in [2.45, 2.75) is 47.1 Å². The van der Waals surface area contributed by atoms with Gasteiger partial charge in [-0.25, -0.2) is 0 Å². The number of hydrogen-bond donors (Lipinski definition) is 0.